The Morgan fingerprint density at radius 1 is 0.980 bits per heavy atom. The second-order valence-corrected chi connectivity index (χ2v) is 14.2. The molecule has 0 spiro atoms. The Morgan fingerprint density at radius 2 is 1.62 bits per heavy atom. The Kier molecular flexibility index (Phi) is 15.7. The minimum atomic E-state index is -4.64. The number of benzene rings is 1. The number of nitrogens with two attached hydrogens (primary N) is 1. The van der Waals surface area contributed by atoms with Gasteiger partial charge >= 0.3 is 12.1 Å². The van der Waals surface area contributed by atoms with Gasteiger partial charge in [-0.25, -0.2) is 0 Å². The van der Waals surface area contributed by atoms with Crippen molar-refractivity contribution in [1.29, 1.82) is 0 Å². The van der Waals surface area contributed by atoms with Crippen LogP contribution in [-0.2, 0) is 35.3 Å². The average Bonchev–Trinajstić information content (AvgIpc) is 3.30. The van der Waals surface area contributed by atoms with E-state index >= 15 is 0 Å². The highest BCUT2D eigenvalue weighted by atomic mass is 19.4. The lowest BCUT2D eigenvalue weighted by Gasteiger charge is -2.33. The molecule has 1 unspecified atom stereocenters. The van der Waals surface area contributed by atoms with Crippen molar-refractivity contribution in [3.8, 4) is 0 Å². The number of unbranched alkanes of at least 4 members (excludes halogenated alkanes) is 2. The Labute approximate surface area is 293 Å². The molecule has 14 heteroatoms. The third-order valence-corrected chi connectivity index (χ3v) is 9.73. The van der Waals surface area contributed by atoms with E-state index in [2.05, 4.69) is 16.0 Å². The number of alkyl halides is 3. The number of likely N-dealkylation sites (tertiary alicyclic amines) is 1. The van der Waals surface area contributed by atoms with Gasteiger partial charge in [-0.2, -0.15) is 13.2 Å². The number of carbonyl (C=O) groups is 5. The largest absolute Gasteiger partial charge is 0.461 e. The first kappa shape index (κ1) is 40.9. The number of nitrogens with one attached hydrogen (secondary N) is 3. The molecule has 4 atom stereocenters. The summed E-state index contributed by atoms with van der Waals surface area (Å²) in [5.41, 5.74) is 7.03. The molecule has 5 N–H and O–H groups in total. The molecular formula is C36H54F3N5O6. The monoisotopic (exact) mass is 709 g/mol. The third kappa shape index (κ3) is 12.7. The maximum atomic E-state index is 14.2. The zero-order chi connectivity index (χ0) is 37.0. The first-order chi connectivity index (χ1) is 23.6. The maximum absolute atomic E-state index is 14.2. The topological polar surface area (TPSA) is 160 Å². The van der Waals surface area contributed by atoms with Gasteiger partial charge in [0.1, 0.15) is 18.7 Å². The lowest BCUT2D eigenvalue weighted by Crippen LogP contribution is -2.58. The summed E-state index contributed by atoms with van der Waals surface area (Å²) in [5.74, 6) is -2.46. The van der Waals surface area contributed by atoms with E-state index < -0.39 is 48.0 Å². The molecular weight excluding hydrogens is 655 g/mol. The predicted molar refractivity (Wildman–Crippen MR) is 182 cm³/mol. The molecule has 2 fully saturated rings. The van der Waals surface area contributed by atoms with E-state index in [1.54, 1.807) is 45.0 Å². The van der Waals surface area contributed by atoms with Gasteiger partial charge in [0, 0.05) is 31.5 Å². The van der Waals surface area contributed by atoms with Crippen LogP contribution in [0.1, 0.15) is 97.5 Å². The zero-order valence-electron chi connectivity index (χ0n) is 29.7. The van der Waals surface area contributed by atoms with E-state index in [0.717, 1.165) is 31.2 Å². The molecule has 1 aliphatic carbocycles. The van der Waals surface area contributed by atoms with Crippen LogP contribution in [0, 0.1) is 23.7 Å². The van der Waals surface area contributed by atoms with E-state index in [1.165, 1.54) is 11.8 Å². The summed E-state index contributed by atoms with van der Waals surface area (Å²) in [6.07, 6.45) is -0.0497. The molecule has 2 aliphatic rings. The van der Waals surface area contributed by atoms with Gasteiger partial charge in [-0.3, -0.25) is 34.2 Å². The lowest BCUT2D eigenvalue weighted by molar-refractivity contribution is -0.161. The third-order valence-electron chi connectivity index (χ3n) is 9.73. The molecule has 1 aliphatic heterocycles. The second kappa shape index (κ2) is 19.2. The number of ether oxygens (including phenoxy) is 1. The van der Waals surface area contributed by atoms with Gasteiger partial charge in [0.15, 0.2) is 0 Å². The number of amides is 4. The molecule has 50 heavy (non-hydrogen) atoms. The normalized spacial score (nSPS) is 21.5. The van der Waals surface area contributed by atoms with E-state index in [-0.39, 0.29) is 56.1 Å². The highest BCUT2D eigenvalue weighted by molar-refractivity contribution is 6.03. The van der Waals surface area contributed by atoms with Crippen molar-refractivity contribution < 1.29 is 41.9 Å². The number of nitrogens with zero attached hydrogens (tertiary/aromatic N) is 1. The van der Waals surface area contributed by atoms with Gasteiger partial charge in [-0.15, -0.1) is 0 Å². The van der Waals surface area contributed by atoms with Gasteiger partial charge in [0.25, 0.3) is 0 Å². The van der Waals surface area contributed by atoms with Gasteiger partial charge in [0.2, 0.25) is 23.6 Å². The lowest BCUT2D eigenvalue weighted by atomic mass is 9.79. The summed E-state index contributed by atoms with van der Waals surface area (Å²) in [6, 6.07) is 2.50. The van der Waals surface area contributed by atoms with Crippen molar-refractivity contribution in [1.82, 2.24) is 15.5 Å². The molecule has 0 radical (unpaired) electrons. The number of imide groups is 1. The fourth-order valence-corrected chi connectivity index (χ4v) is 6.64. The highest BCUT2D eigenvalue weighted by Gasteiger charge is 2.42. The number of carbonyl (C=O) groups excluding carboxylic acids is 5. The molecule has 1 heterocycles. The van der Waals surface area contributed by atoms with Crippen molar-refractivity contribution in [2.75, 3.05) is 18.4 Å². The van der Waals surface area contributed by atoms with Crippen LogP contribution in [0.15, 0.2) is 24.3 Å². The van der Waals surface area contributed by atoms with Crippen LogP contribution in [0.2, 0.25) is 0 Å². The minimum Gasteiger partial charge on any atom is -0.461 e. The van der Waals surface area contributed by atoms with Gasteiger partial charge in [-0.05, 0) is 74.1 Å². The average molecular weight is 710 g/mol. The molecule has 280 valence electrons. The van der Waals surface area contributed by atoms with Crippen molar-refractivity contribution in [3.05, 3.63) is 29.8 Å². The molecule has 1 saturated carbocycles. The number of rotatable bonds is 18. The van der Waals surface area contributed by atoms with Crippen LogP contribution in [-0.4, -0.2) is 71.9 Å². The van der Waals surface area contributed by atoms with Crippen LogP contribution >= 0.6 is 0 Å². The molecule has 1 saturated heterocycles. The van der Waals surface area contributed by atoms with Crippen molar-refractivity contribution >= 4 is 35.3 Å². The Bertz CT molecular complexity index is 1300. The second-order valence-electron chi connectivity index (χ2n) is 14.2. The van der Waals surface area contributed by atoms with Crippen LogP contribution in [0.5, 0.6) is 0 Å². The van der Waals surface area contributed by atoms with E-state index in [0.29, 0.717) is 37.4 Å². The zero-order valence-corrected chi connectivity index (χ0v) is 29.7. The molecule has 1 aromatic carbocycles. The Hall–Kier alpha value is -3.52. The molecule has 0 bridgehead atoms. The number of hydrogen-bond donors (Lipinski definition) is 4. The summed E-state index contributed by atoms with van der Waals surface area (Å²) in [5, 5.41) is 8.15. The van der Waals surface area contributed by atoms with Crippen molar-refractivity contribution in [2.24, 2.45) is 29.4 Å². The molecule has 0 aromatic heterocycles. The van der Waals surface area contributed by atoms with E-state index in [1.807, 2.05) is 0 Å². The maximum Gasteiger partial charge on any atom is 0.403 e. The van der Waals surface area contributed by atoms with Crippen molar-refractivity contribution in [2.45, 2.75) is 123 Å². The summed E-state index contributed by atoms with van der Waals surface area (Å²) < 4.78 is 47.7. The summed E-state index contributed by atoms with van der Waals surface area (Å²) in [6.45, 7) is 7.13. The minimum absolute atomic E-state index is 0.0796. The van der Waals surface area contributed by atoms with Crippen LogP contribution in [0.3, 0.4) is 0 Å². The summed E-state index contributed by atoms with van der Waals surface area (Å²) in [4.78, 5) is 63.8. The fraction of sp³-hybridized carbons (Fsp3) is 0.694. The van der Waals surface area contributed by atoms with Crippen LogP contribution < -0.4 is 21.7 Å². The number of hydrogen-bond acceptors (Lipinski definition) is 8. The fourth-order valence-electron chi connectivity index (χ4n) is 6.64. The van der Waals surface area contributed by atoms with E-state index in [4.69, 9.17) is 10.5 Å². The van der Waals surface area contributed by atoms with Gasteiger partial charge in [0.05, 0.1) is 6.04 Å². The van der Waals surface area contributed by atoms with Crippen molar-refractivity contribution in [3.63, 3.8) is 0 Å². The molecule has 4 amide bonds. The SMILES string of the molecule is CC(=O)OCc1ccc(NC(=O)[C@H](CC2CCC(CN)CC2)NC(=O)[C@@H](N[C@@H](CCCCCN2C(=O)CC(C)C2=O)C(F)(F)F)C(C)C)cc1. The van der Waals surface area contributed by atoms with Crippen LogP contribution in [0.4, 0.5) is 18.9 Å². The quantitative estimate of drug-likeness (QED) is 0.0959. The molecule has 11 nitrogen and oxygen atoms in total. The molecule has 3 rings (SSSR count). The number of halogens is 3. The van der Waals surface area contributed by atoms with Gasteiger partial charge in [-0.1, -0.05) is 58.6 Å². The Balaban J connectivity index is 1.66. The standard InChI is InChI=1S/C36H54F3N5O6/c1-22(2)32(43-30(36(37,38)39)8-6-5-7-17-44-31(46)18-23(3)35(44)49)34(48)42-29(19-25-9-11-26(20-40)12-10-25)33(47)41-28-15-13-27(14-16-28)21-50-24(4)45/h13-16,22-23,25-26,29-30,32,43H,5-12,17-21,40H2,1-4H3,(H,41,47)(H,42,48)/t23?,25?,26?,29-,30-,32-/m0/s1. The van der Waals surface area contributed by atoms with E-state index in [9.17, 15) is 37.1 Å². The Morgan fingerprint density at radius 3 is 2.16 bits per heavy atom. The first-order valence-electron chi connectivity index (χ1n) is 17.8. The summed E-state index contributed by atoms with van der Waals surface area (Å²) in [7, 11) is 0. The smallest absolute Gasteiger partial charge is 0.403 e. The highest BCUT2D eigenvalue weighted by Crippen LogP contribution is 2.32. The number of anilines is 1. The first-order valence-corrected chi connectivity index (χ1v) is 17.8. The van der Waals surface area contributed by atoms with Crippen LogP contribution in [0.25, 0.3) is 0 Å². The summed E-state index contributed by atoms with van der Waals surface area (Å²) >= 11 is 0. The number of esters is 1. The molecule has 1 aromatic rings. The van der Waals surface area contributed by atoms with Gasteiger partial charge < -0.3 is 21.1 Å². The predicted octanol–water partition coefficient (Wildman–Crippen LogP) is 4.83.